The standard InChI is InChI=1S/C15H22F3NO/c1-11(2)20-10-4-9-19-12(3)13-5-7-14(8-6-13)15(16,17)18/h5-8,11-12,19H,4,9-10H2,1-3H3. The van der Waals surface area contributed by atoms with E-state index < -0.39 is 11.7 Å². The lowest BCUT2D eigenvalue weighted by atomic mass is 10.1. The number of nitrogens with one attached hydrogen (secondary N) is 1. The third kappa shape index (κ3) is 5.92. The zero-order valence-electron chi connectivity index (χ0n) is 12.1. The summed E-state index contributed by atoms with van der Waals surface area (Å²) in [5.74, 6) is 0. The molecule has 1 unspecified atom stereocenters. The molecule has 0 fully saturated rings. The van der Waals surface area contributed by atoms with Crippen LogP contribution in [0.15, 0.2) is 24.3 Å². The number of rotatable bonds is 7. The topological polar surface area (TPSA) is 21.3 Å². The maximum absolute atomic E-state index is 12.4. The second-order valence-corrected chi connectivity index (χ2v) is 5.07. The van der Waals surface area contributed by atoms with E-state index in [0.717, 1.165) is 30.7 Å². The van der Waals surface area contributed by atoms with Crippen LogP contribution in [0.5, 0.6) is 0 Å². The average molecular weight is 289 g/mol. The second-order valence-electron chi connectivity index (χ2n) is 5.07. The van der Waals surface area contributed by atoms with Crippen molar-refractivity contribution in [2.45, 2.75) is 45.5 Å². The molecule has 0 bridgehead atoms. The summed E-state index contributed by atoms with van der Waals surface area (Å²) >= 11 is 0. The summed E-state index contributed by atoms with van der Waals surface area (Å²) in [6.07, 6.45) is -3.17. The smallest absolute Gasteiger partial charge is 0.379 e. The van der Waals surface area contributed by atoms with Crippen LogP contribution in [0.1, 0.15) is 44.4 Å². The fourth-order valence-electron chi connectivity index (χ4n) is 1.79. The van der Waals surface area contributed by atoms with Crippen molar-refractivity contribution in [1.29, 1.82) is 0 Å². The van der Waals surface area contributed by atoms with Crippen LogP contribution in [0.25, 0.3) is 0 Å². The van der Waals surface area contributed by atoms with E-state index >= 15 is 0 Å². The van der Waals surface area contributed by atoms with Crippen molar-refractivity contribution in [2.75, 3.05) is 13.2 Å². The Morgan fingerprint density at radius 1 is 1.10 bits per heavy atom. The highest BCUT2D eigenvalue weighted by Crippen LogP contribution is 2.29. The van der Waals surface area contributed by atoms with Gasteiger partial charge in [-0.15, -0.1) is 0 Å². The fraction of sp³-hybridized carbons (Fsp3) is 0.600. The van der Waals surface area contributed by atoms with E-state index in [1.165, 1.54) is 12.1 Å². The highest BCUT2D eigenvalue weighted by molar-refractivity contribution is 5.26. The van der Waals surface area contributed by atoms with Gasteiger partial charge < -0.3 is 10.1 Å². The minimum absolute atomic E-state index is 0.0244. The minimum Gasteiger partial charge on any atom is -0.379 e. The summed E-state index contributed by atoms with van der Waals surface area (Å²) in [5.41, 5.74) is 0.238. The lowest BCUT2D eigenvalue weighted by molar-refractivity contribution is -0.137. The molecule has 0 aliphatic carbocycles. The predicted octanol–water partition coefficient (Wildman–Crippen LogP) is 4.17. The Hall–Kier alpha value is -1.07. The summed E-state index contributed by atoms with van der Waals surface area (Å²) in [6, 6.07) is 5.30. The van der Waals surface area contributed by atoms with E-state index in [-0.39, 0.29) is 12.1 Å². The average Bonchev–Trinajstić information content (AvgIpc) is 2.37. The van der Waals surface area contributed by atoms with Gasteiger partial charge >= 0.3 is 6.18 Å². The zero-order valence-corrected chi connectivity index (χ0v) is 12.1. The van der Waals surface area contributed by atoms with Crippen molar-refractivity contribution in [3.63, 3.8) is 0 Å². The lowest BCUT2D eigenvalue weighted by Crippen LogP contribution is -2.21. The van der Waals surface area contributed by atoms with Gasteiger partial charge in [0, 0.05) is 12.6 Å². The molecular weight excluding hydrogens is 267 g/mol. The van der Waals surface area contributed by atoms with Gasteiger partial charge in [0.15, 0.2) is 0 Å². The molecule has 0 heterocycles. The van der Waals surface area contributed by atoms with Gasteiger partial charge in [-0.05, 0) is 51.4 Å². The first kappa shape index (κ1) is 17.0. The first-order valence-corrected chi connectivity index (χ1v) is 6.83. The summed E-state index contributed by atoms with van der Waals surface area (Å²) in [4.78, 5) is 0. The number of ether oxygens (including phenoxy) is 1. The molecule has 20 heavy (non-hydrogen) atoms. The van der Waals surface area contributed by atoms with Crippen molar-refractivity contribution in [2.24, 2.45) is 0 Å². The Morgan fingerprint density at radius 3 is 2.20 bits per heavy atom. The largest absolute Gasteiger partial charge is 0.416 e. The molecule has 1 N–H and O–H groups in total. The van der Waals surface area contributed by atoms with Crippen molar-refractivity contribution < 1.29 is 17.9 Å². The molecule has 1 aromatic rings. The summed E-state index contributed by atoms with van der Waals surface area (Å²) < 4.78 is 42.7. The van der Waals surface area contributed by atoms with Crippen LogP contribution < -0.4 is 5.32 Å². The maximum atomic E-state index is 12.4. The molecule has 0 saturated carbocycles. The Kier molecular flexibility index (Phi) is 6.49. The second kappa shape index (κ2) is 7.64. The lowest BCUT2D eigenvalue weighted by Gasteiger charge is -2.15. The molecule has 0 aliphatic rings. The van der Waals surface area contributed by atoms with Gasteiger partial charge in [0.1, 0.15) is 0 Å². The highest BCUT2D eigenvalue weighted by Gasteiger charge is 2.30. The van der Waals surface area contributed by atoms with Crippen molar-refractivity contribution in [1.82, 2.24) is 5.32 Å². The van der Waals surface area contributed by atoms with Gasteiger partial charge in [-0.25, -0.2) is 0 Å². The fourth-order valence-corrected chi connectivity index (χ4v) is 1.79. The monoisotopic (exact) mass is 289 g/mol. The Bertz CT molecular complexity index is 387. The van der Waals surface area contributed by atoms with Gasteiger partial charge in [0.05, 0.1) is 11.7 Å². The summed E-state index contributed by atoms with van der Waals surface area (Å²) in [6.45, 7) is 7.36. The maximum Gasteiger partial charge on any atom is 0.416 e. The van der Waals surface area contributed by atoms with Crippen LogP contribution in [-0.2, 0) is 10.9 Å². The number of hydrogen-bond donors (Lipinski definition) is 1. The number of alkyl halides is 3. The van der Waals surface area contributed by atoms with Crippen molar-refractivity contribution in [3.8, 4) is 0 Å². The quantitative estimate of drug-likeness (QED) is 0.761. The van der Waals surface area contributed by atoms with E-state index in [9.17, 15) is 13.2 Å². The van der Waals surface area contributed by atoms with Gasteiger partial charge in [0.25, 0.3) is 0 Å². The van der Waals surface area contributed by atoms with Crippen molar-refractivity contribution in [3.05, 3.63) is 35.4 Å². The molecule has 2 nitrogen and oxygen atoms in total. The highest BCUT2D eigenvalue weighted by atomic mass is 19.4. The molecule has 114 valence electrons. The van der Waals surface area contributed by atoms with Crippen LogP contribution in [0.2, 0.25) is 0 Å². The van der Waals surface area contributed by atoms with E-state index in [2.05, 4.69) is 5.32 Å². The molecule has 0 aliphatic heterocycles. The molecule has 0 saturated heterocycles. The first-order valence-electron chi connectivity index (χ1n) is 6.83. The van der Waals surface area contributed by atoms with Crippen LogP contribution in [0.4, 0.5) is 13.2 Å². The SMILES string of the molecule is CC(C)OCCCNC(C)c1ccc(C(F)(F)F)cc1. The molecule has 0 spiro atoms. The normalized spacial score (nSPS) is 13.8. The molecule has 1 aromatic carbocycles. The van der Waals surface area contributed by atoms with E-state index in [1.54, 1.807) is 0 Å². The Labute approximate surface area is 118 Å². The van der Waals surface area contributed by atoms with Crippen molar-refractivity contribution >= 4 is 0 Å². The molecular formula is C15H22F3NO. The summed E-state index contributed by atoms with van der Waals surface area (Å²) in [5, 5.41) is 3.27. The Balaban J connectivity index is 2.38. The van der Waals surface area contributed by atoms with Crippen LogP contribution >= 0.6 is 0 Å². The molecule has 0 radical (unpaired) electrons. The zero-order chi connectivity index (χ0) is 15.2. The first-order chi connectivity index (χ1) is 9.30. The summed E-state index contributed by atoms with van der Waals surface area (Å²) in [7, 11) is 0. The Morgan fingerprint density at radius 2 is 1.70 bits per heavy atom. The van der Waals surface area contributed by atoms with E-state index in [1.807, 2.05) is 20.8 Å². The molecule has 0 amide bonds. The van der Waals surface area contributed by atoms with Crippen LogP contribution in [0, 0.1) is 0 Å². The molecule has 1 atom stereocenters. The molecule has 0 aromatic heterocycles. The van der Waals surface area contributed by atoms with E-state index in [0.29, 0.717) is 6.61 Å². The number of hydrogen-bond acceptors (Lipinski definition) is 2. The van der Waals surface area contributed by atoms with Gasteiger partial charge in [-0.2, -0.15) is 13.2 Å². The van der Waals surface area contributed by atoms with Crippen LogP contribution in [0.3, 0.4) is 0 Å². The molecule has 5 heteroatoms. The van der Waals surface area contributed by atoms with Gasteiger partial charge in [0.2, 0.25) is 0 Å². The van der Waals surface area contributed by atoms with Crippen LogP contribution in [-0.4, -0.2) is 19.3 Å². The van der Waals surface area contributed by atoms with E-state index in [4.69, 9.17) is 4.74 Å². The third-order valence-corrected chi connectivity index (χ3v) is 2.96. The predicted molar refractivity (Wildman–Crippen MR) is 73.6 cm³/mol. The third-order valence-electron chi connectivity index (χ3n) is 2.96. The molecule has 1 rings (SSSR count). The number of halogens is 3. The number of benzene rings is 1. The van der Waals surface area contributed by atoms with Gasteiger partial charge in [-0.3, -0.25) is 0 Å². The van der Waals surface area contributed by atoms with Gasteiger partial charge in [-0.1, -0.05) is 12.1 Å². The minimum atomic E-state index is -4.27.